The van der Waals surface area contributed by atoms with Crippen LogP contribution in [0, 0.1) is 5.82 Å². The molecular weight excluding hydrogens is 485 g/mol. The van der Waals surface area contributed by atoms with Gasteiger partial charge in [0.2, 0.25) is 0 Å². The first kappa shape index (κ1) is 25.2. The molecule has 2 aromatic heterocycles. The van der Waals surface area contributed by atoms with Crippen LogP contribution in [0.15, 0.2) is 67.0 Å². The lowest BCUT2D eigenvalue weighted by atomic mass is 10.0. The maximum atomic E-state index is 14.8. The summed E-state index contributed by atoms with van der Waals surface area (Å²) in [6.07, 6.45) is 3.37. The summed E-state index contributed by atoms with van der Waals surface area (Å²) in [5, 5.41) is 3.71. The second-order valence-corrected chi connectivity index (χ2v) is 8.12. The Kier molecular flexibility index (Phi) is 8.20. The molecule has 0 fully saturated rings. The molecule has 0 aliphatic rings. The number of methoxy groups -OCH3 is 3. The maximum absolute atomic E-state index is 14.8. The van der Waals surface area contributed by atoms with Crippen LogP contribution in [0.2, 0.25) is 5.02 Å². The van der Waals surface area contributed by atoms with Gasteiger partial charge in [0.05, 0.1) is 19.9 Å². The van der Waals surface area contributed by atoms with E-state index in [1.54, 1.807) is 38.7 Å². The molecule has 1 N–H and O–H groups in total. The highest BCUT2D eigenvalue weighted by Gasteiger charge is 2.19. The number of hydrogen-bond acceptors (Lipinski definition) is 7. The molecule has 2 heterocycles. The van der Waals surface area contributed by atoms with E-state index in [-0.39, 0.29) is 12.4 Å². The van der Waals surface area contributed by atoms with Crippen LogP contribution >= 0.6 is 11.6 Å². The van der Waals surface area contributed by atoms with E-state index < -0.39 is 5.82 Å². The van der Waals surface area contributed by atoms with Crippen LogP contribution in [0.1, 0.15) is 5.56 Å². The van der Waals surface area contributed by atoms with E-state index >= 15 is 0 Å². The second kappa shape index (κ2) is 11.7. The average molecular weight is 510 g/mol. The van der Waals surface area contributed by atoms with E-state index in [0.29, 0.717) is 45.9 Å². The molecule has 0 aliphatic carbocycles. The molecule has 0 atom stereocenters. The van der Waals surface area contributed by atoms with Gasteiger partial charge in [-0.1, -0.05) is 17.7 Å². The van der Waals surface area contributed by atoms with Crippen LogP contribution in [-0.4, -0.2) is 38.1 Å². The molecule has 9 heteroatoms. The van der Waals surface area contributed by atoms with Crippen LogP contribution in [-0.2, 0) is 11.3 Å². The molecule has 4 aromatic rings. The van der Waals surface area contributed by atoms with E-state index in [1.807, 2.05) is 24.3 Å². The van der Waals surface area contributed by atoms with Crippen molar-refractivity contribution in [2.24, 2.45) is 0 Å². The summed E-state index contributed by atoms with van der Waals surface area (Å²) in [6, 6.07) is 15.3. The highest BCUT2D eigenvalue weighted by Crippen LogP contribution is 2.40. The van der Waals surface area contributed by atoms with Crippen molar-refractivity contribution < 1.29 is 23.3 Å². The summed E-state index contributed by atoms with van der Waals surface area (Å²) in [5.41, 5.74) is 2.92. The van der Waals surface area contributed by atoms with Gasteiger partial charge in [-0.05, 0) is 42.5 Å². The third kappa shape index (κ3) is 5.67. The summed E-state index contributed by atoms with van der Waals surface area (Å²) < 4.78 is 36.8. The number of ether oxygens (including phenoxy) is 4. The predicted molar refractivity (Wildman–Crippen MR) is 137 cm³/mol. The van der Waals surface area contributed by atoms with E-state index in [9.17, 15) is 4.39 Å². The van der Waals surface area contributed by atoms with Gasteiger partial charge in [0.25, 0.3) is 0 Å². The van der Waals surface area contributed by atoms with E-state index in [0.717, 1.165) is 11.1 Å². The molecule has 0 radical (unpaired) electrons. The molecule has 0 saturated heterocycles. The smallest absolute Gasteiger partial charge is 0.188 e. The zero-order valence-corrected chi connectivity index (χ0v) is 20.8. The number of rotatable bonds is 10. The first-order chi connectivity index (χ1) is 17.5. The molecular formula is C27H25ClFN3O4. The minimum atomic E-state index is -0.447. The number of aromatic nitrogens is 2. The molecule has 0 spiro atoms. The van der Waals surface area contributed by atoms with Crippen molar-refractivity contribution in [3.63, 3.8) is 0 Å². The predicted octanol–water partition coefficient (Wildman–Crippen LogP) is 6.22. The lowest BCUT2D eigenvalue weighted by Gasteiger charge is -2.19. The number of anilines is 1. The topological polar surface area (TPSA) is 74.7 Å². The van der Waals surface area contributed by atoms with Gasteiger partial charge in [-0.2, -0.15) is 0 Å². The SMILES string of the molecule is COCOc1c(-c2cccnc2)cc(-c2cc(Cl)ccc2F)nc1NCc1ccc(OC)cc1OC. The maximum Gasteiger partial charge on any atom is 0.188 e. The Morgan fingerprint density at radius 3 is 2.56 bits per heavy atom. The fraction of sp³-hybridized carbons (Fsp3) is 0.185. The molecule has 0 amide bonds. The third-order valence-electron chi connectivity index (χ3n) is 5.41. The molecule has 186 valence electrons. The van der Waals surface area contributed by atoms with Crippen molar-refractivity contribution in [1.82, 2.24) is 9.97 Å². The quantitative estimate of drug-likeness (QED) is 0.254. The monoisotopic (exact) mass is 509 g/mol. The highest BCUT2D eigenvalue weighted by molar-refractivity contribution is 6.30. The Morgan fingerprint density at radius 1 is 0.972 bits per heavy atom. The number of nitrogens with one attached hydrogen (secondary N) is 1. The van der Waals surface area contributed by atoms with Gasteiger partial charge in [0, 0.05) is 59.4 Å². The van der Waals surface area contributed by atoms with Crippen LogP contribution < -0.4 is 19.5 Å². The van der Waals surface area contributed by atoms with Crippen LogP contribution in [0.4, 0.5) is 10.2 Å². The molecule has 7 nitrogen and oxygen atoms in total. The molecule has 4 rings (SSSR count). The van der Waals surface area contributed by atoms with Crippen LogP contribution in [0.3, 0.4) is 0 Å². The van der Waals surface area contributed by atoms with Gasteiger partial charge >= 0.3 is 0 Å². The van der Waals surface area contributed by atoms with Crippen molar-refractivity contribution in [1.29, 1.82) is 0 Å². The van der Waals surface area contributed by atoms with Gasteiger partial charge < -0.3 is 24.3 Å². The zero-order chi connectivity index (χ0) is 25.5. The summed E-state index contributed by atoms with van der Waals surface area (Å²) in [6.45, 7) is 0.331. The number of nitrogens with zero attached hydrogens (tertiary/aromatic N) is 2. The minimum Gasteiger partial charge on any atom is -0.497 e. The summed E-state index contributed by atoms with van der Waals surface area (Å²) >= 11 is 6.18. The van der Waals surface area contributed by atoms with E-state index in [2.05, 4.69) is 10.3 Å². The van der Waals surface area contributed by atoms with Crippen molar-refractivity contribution in [2.75, 3.05) is 33.4 Å². The lowest BCUT2D eigenvalue weighted by molar-refractivity contribution is 0.0518. The normalized spacial score (nSPS) is 10.7. The highest BCUT2D eigenvalue weighted by atomic mass is 35.5. The van der Waals surface area contributed by atoms with Gasteiger partial charge in [-0.15, -0.1) is 0 Å². The van der Waals surface area contributed by atoms with Crippen molar-refractivity contribution >= 4 is 17.4 Å². The van der Waals surface area contributed by atoms with Gasteiger partial charge in [-0.25, -0.2) is 9.37 Å². The third-order valence-corrected chi connectivity index (χ3v) is 5.65. The summed E-state index contributed by atoms with van der Waals surface area (Å²) in [5.74, 6) is 1.70. The van der Waals surface area contributed by atoms with Gasteiger partial charge in [0.1, 0.15) is 17.3 Å². The van der Waals surface area contributed by atoms with Crippen LogP contribution in [0.5, 0.6) is 17.2 Å². The molecule has 0 saturated carbocycles. The van der Waals surface area contributed by atoms with Crippen molar-refractivity contribution in [3.05, 3.63) is 83.4 Å². The fourth-order valence-corrected chi connectivity index (χ4v) is 3.83. The number of pyridine rings is 2. The number of hydrogen-bond donors (Lipinski definition) is 1. The number of halogens is 2. The Balaban J connectivity index is 1.84. The molecule has 0 unspecified atom stereocenters. The van der Waals surface area contributed by atoms with Crippen molar-refractivity contribution in [2.45, 2.75) is 6.54 Å². The van der Waals surface area contributed by atoms with Gasteiger partial charge in [0.15, 0.2) is 18.4 Å². The van der Waals surface area contributed by atoms with E-state index in [1.165, 1.54) is 25.3 Å². The largest absolute Gasteiger partial charge is 0.497 e. The van der Waals surface area contributed by atoms with Crippen LogP contribution in [0.25, 0.3) is 22.4 Å². The molecule has 0 bridgehead atoms. The number of benzene rings is 2. The standard InChI is InChI=1S/C27H25ClFN3O4/c1-33-16-36-26-21(17-5-4-10-30-14-17)13-24(22-11-19(28)7-9-23(22)29)32-27(26)31-15-18-6-8-20(34-2)12-25(18)35-3/h4-14H,15-16H2,1-3H3,(H,31,32). The Bertz CT molecular complexity index is 1340. The van der Waals surface area contributed by atoms with Gasteiger partial charge in [-0.3, -0.25) is 4.98 Å². The first-order valence-electron chi connectivity index (χ1n) is 11.0. The first-order valence-corrected chi connectivity index (χ1v) is 11.4. The summed E-state index contributed by atoms with van der Waals surface area (Å²) in [4.78, 5) is 8.94. The Hall–Kier alpha value is -3.88. The molecule has 0 aliphatic heterocycles. The average Bonchev–Trinajstić information content (AvgIpc) is 2.92. The Morgan fingerprint density at radius 2 is 1.83 bits per heavy atom. The zero-order valence-electron chi connectivity index (χ0n) is 20.0. The molecule has 36 heavy (non-hydrogen) atoms. The lowest BCUT2D eigenvalue weighted by Crippen LogP contribution is -2.09. The Labute approximate surface area is 213 Å². The van der Waals surface area contributed by atoms with Crippen molar-refractivity contribution in [3.8, 4) is 39.6 Å². The van der Waals surface area contributed by atoms with E-state index in [4.69, 9.17) is 35.5 Å². The summed E-state index contributed by atoms with van der Waals surface area (Å²) in [7, 11) is 4.71. The fourth-order valence-electron chi connectivity index (χ4n) is 3.66. The molecule has 2 aromatic carbocycles. The second-order valence-electron chi connectivity index (χ2n) is 7.68. The minimum absolute atomic E-state index is 0.0135.